The van der Waals surface area contributed by atoms with E-state index in [0.717, 1.165) is 12.1 Å². The molecule has 2 rings (SSSR count). The predicted molar refractivity (Wildman–Crippen MR) is 101 cm³/mol. The number of amides is 1. The fourth-order valence-electron chi connectivity index (χ4n) is 2.25. The number of rotatable bonds is 8. The summed E-state index contributed by atoms with van der Waals surface area (Å²) in [6.07, 6.45) is 0. The lowest BCUT2D eigenvalue weighted by molar-refractivity contribution is -0.385. The number of benzene rings is 2. The molecule has 0 aliphatic carbocycles. The van der Waals surface area contributed by atoms with Gasteiger partial charge in [0.1, 0.15) is 5.56 Å². The summed E-state index contributed by atoms with van der Waals surface area (Å²) in [5.74, 6) is -1.46. The van der Waals surface area contributed by atoms with Crippen molar-refractivity contribution in [2.75, 3.05) is 25.6 Å². The van der Waals surface area contributed by atoms with E-state index in [0.29, 0.717) is 10.7 Å². The number of nitro benzene ring substituents is 1. The Hall–Kier alpha value is -3.33. The van der Waals surface area contributed by atoms with Crippen molar-refractivity contribution < 1.29 is 28.7 Å². The first-order chi connectivity index (χ1) is 13.4. The Kier molecular flexibility index (Phi) is 7.16. The zero-order chi connectivity index (χ0) is 20.7. The number of hydrogen-bond acceptors (Lipinski definition) is 7. The Morgan fingerprint density at radius 3 is 2.54 bits per heavy atom. The molecule has 0 aliphatic heterocycles. The van der Waals surface area contributed by atoms with Gasteiger partial charge in [-0.25, -0.2) is 4.79 Å². The minimum Gasteiger partial charge on any atom is -0.493 e. The third-order valence-electron chi connectivity index (χ3n) is 3.48. The van der Waals surface area contributed by atoms with Gasteiger partial charge in [0.05, 0.1) is 35.4 Å². The molecule has 0 heterocycles. The summed E-state index contributed by atoms with van der Waals surface area (Å²) >= 11 is 5.94. The Bertz CT molecular complexity index is 901. The molecule has 0 spiro atoms. The lowest BCUT2D eigenvalue weighted by Gasteiger charge is -2.12. The molecule has 148 valence electrons. The topological polar surface area (TPSA) is 117 Å². The van der Waals surface area contributed by atoms with Gasteiger partial charge in [-0.15, -0.1) is 0 Å². The molecule has 2 aromatic rings. The Labute approximate surface area is 165 Å². The number of esters is 1. The highest BCUT2D eigenvalue weighted by Crippen LogP contribution is 2.35. The standard InChI is InChI=1S/C18H17ClN2O7/c1-3-27-16-8-11(14(21(24)25)9-15(16)26-2)18(23)28-10-17(22)20-13-7-5-4-6-12(13)19/h4-9H,3,10H2,1-2H3,(H,20,22). The smallest absolute Gasteiger partial charge is 0.345 e. The van der Waals surface area contributed by atoms with Gasteiger partial charge < -0.3 is 19.5 Å². The molecule has 9 nitrogen and oxygen atoms in total. The van der Waals surface area contributed by atoms with Gasteiger partial charge in [0.15, 0.2) is 18.1 Å². The number of carbonyl (C=O) groups is 2. The number of hydrogen-bond donors (Lipinski definition) is 1. The number of methoxy groups -OCH3 is 1. The number of para-hydroxylation sites is 1. The van der Waals surface area contributed by atoms with Crippen LogP contribution >= 0.6 is 11.6 Å². The zero-order valence-corrected chi connectivity index (χ0v) is 15.8. The summed E-state index contributed by atoms with van der Waals surface area (Å²) in [6, 6.07) is 8.73. The number of nitrogens with zero attached hydrogens (tertiary/aromatic N) is 1. The molecule has 0 saturated heterocycles. The van der Waals surface area contributed by atoms with E-state index in [1.54, 1.807) is 31.2 Å². The van der Waals surface area contributed by atoms with E-state index >= 15 is 0 Å². The van der Waals surface area contributed by atoms with Crippen LogP contribution in [0.4, 0.5) is 11.4 Å². The van der Waals surface area contributed by atoms with Crippen molar-refractivity contribution in [3.8, 4) is 11.5 Å². The summed E-state index contributed by atoms with van der Waals surface area (Å²) in [7, 11) is 1.32. The Morgan fingerprint density at radius 1 is 1.21 bits per heavy atom. The summed E-state index contributed by atoms with van der Waals surface area (Å²) in [4.78, 5) is 34.8. The Morgan fingerprint density at radius 2 is 1.93 bits per heavy atom. The largest absolute Gasteiger partial charge is 0.493 e. The minimum absolute atomic E-state index is 0.0987. The highest BCUT2D eigenvalue weighted by atomic mass is 35.5. The van der Waals surface area contributed by atoms with Crippen LogP contribution in [0.2, 0.25) is 5.02 Å². The van der Waals surface area contributed by atoms with Crippen LogP contribution in [0.15, 0.2) is 36.4 Å². The molecule has 0 radical (unpaired) electrons. The summed E-state index contributed by atoms with van der Waals surface area (Å²) in [5, 5.41) is 14.1. The van der Waals surface area contributed by atoms with Gasteiger partial charge >= 0.3 is 5.97 Å². The highest BCUT2D eigenvalue weighted by molar-refractivity contribution is 6.33. The van der Waals surface area contributed by atoms with E-state index in [1.807, 2.05) is 0 Å². The summed E-state index contributed by atoms with van der Waals surface area (Å²) < 4.78 is 15.3. The van der Waals surface area contributed by atoms with Crippen molar-refractivity contribution in [2.45, 2.75) is 6.92 Å². The van der Waals surface area contributed by atoms with E-state index in [9.17, 15) is 19.7 Å². The van der Waals surface area contributed by atoms with Gasteiger partial charge in [0.2, 0.25) is 0 Å². The third kappa shape index (κ3) is 5.10. The van der Waals surface area contributed by atoms with Crippen LogP contribution < -0.4 is 14.8 Å². The molecule has 0 aliphatic rings. The first-order valence-electron chi connectivity index (χ1n) is 8.08. The number of nitrogens with one attached hydrogen (secondary N) is 1. The van der Waals surface area contributed by atoms with Gasteiger partial charge in [-0.05, 0) is 19.1 Å². The second-order valence-electron chi connectivity index (χ2n) is 5.31. The second-order valence-corrected chi connectivity index (χ2v) is 5.72. The third-order valence-corrected chi connectivity index (χ3v) is 3.81. The molecule has 28 heavy (non-hydrogen) atoms. The van der Waals surface area contributed by atoms with Crippen molar-refractivity contribution in [1.29, 1.82) is 0 Å². The van der Waals surface area contributed by atoms with Crippen LogP contribution in [0.25, 0.3) is 0 Å². The molecule has 0 saturated carbocycles. The van der Waals surface area contributed by atoms with Gasteiger partial charge in [-0.3, -0.25) is 14.9 Å². The fraction of sp³-hybridized carbons (Fsp3) is 0.222. The molecule has 0 aromatic heterocycles. The molecular weight excluding hydrogens is 392 g/mol. The Balaban J connectivity index is 2.16. The maximum absolute atomic E-state index is 12.3. The summed E-state index contributed by atoms with van der Waals surface area (Å²) in [6.45, 7) is 1.30. The number of ether oxygens (including phenoxy) is 3. The molecule has 0 bridgehead atoms. The second kappa shape index (κ2) is 9.56. The number of anilines is 1. The van der Waals surface area contributed by atoms with Crippen LogP contribution in [0, 0.1) is 10.1 Å². The molecule has 10 heteroatoms. The normalized spacial score (nSPS) is 10.1. The van der Waals surface area contributed by atoms with Crippen molar-refractivity contribution in [1.82, 2.24) is 0 Å². The van der Waals surface area contributed by atoms with Crippen LogP contribution in [0.3, 0.4) is 0 Å². The van der Waals surface area contributed by atoms with Gasteiger partial charge in [0, 0.05) is 6.07 Å². The van der Waals surface area contributed by atoms with Gasteiger partial charge in [0.25, 0.3) is 11.6 Å². The molecular formula is C18H17ClN2O7. The maximum atomic E-state index is 12.3. The van der Waals surface area contributed by atoms with Crippen molar-refractivity contribution in [3.63, 3.8) is 0 Å². The van der Waals surface area contributed by atoms with Crippen LogP contribution in [-0.4, -0.2) is 37.1 Å². The number of halogens is 1. The first kappa shape index (κ1) is 21.0. The molecule has 1 N–H and O–H groups in total. The molecule has 1 amide bonds. The van der Waals surface area contributed by atoms with E-state index in [2.05, 4.69) is 5.32 Å². The number of carbonyl (C=O) groups excluding carboxylic acids is 2. The minimum atomic E-state index is -1.05. The monoisotopic (exact) mass is 408 g/mol. The fourth-order valence-corrected chi connectivity index (χ4v) is 2.43. The molecule has 2 aromatic carbocycles. The number of nitro groups is 1. The lowest BCUT2D eigenvalue weighted by atomic mass is 10.1. The van der Waals surface area contributed by atoms with E-state index in [1.165, 1.54) is 7.11 Å². The molecule has 0 unspecified atom stereocenters. The highest BCUT2D eigenvalue weighted by Gasteiger charge is 2.26. The van der Waals surface area contributed by atoms with Crippen LogP contribution in [-0.2, 0) is 9.53 Å². The van der Waals surface area contributed by atoms with E-state index in [-0.39, 0.29) is 23.7 Å². The lowest BCUT2D eigenvalue weighted by Crippen LogP contribution is -2.21. The zero-order valence-electron chi connectivity index (χ0n) is 15.1. The average molecular weight is 409 g/mol. The SMILES string of the molecule is CCOc1cc(C(=O)OCC(=O)Nc2ccccc2Cl)c([N+](=O)[O-])cc1OC. The van der Waals surface area contributed by atoms with Crippen LogP contribution in [0.5, 0.6) is 11.5 Å². The maximum Gasteiger partial charge on any atom is 0.345 e. The van der Waals surface area contributed by atoms with E-state index in [4.69, 9.17) is 25.8 Å². The average Bonchev–Trinajstić information content (AvgIpc) is 2.67. The summed E-state index contributed by atoms with van der Waals surface area (Å²) in [5.41, 5.74) is -0.545. The quantitative estimate of drug-likeness (QED) is 0.403. The van der Waals surface area contributed by atoms with Crippen molar-refractivity contribution in [2.24, 2.45) is 0 Å². The molecule has 0 atom stereocenters. The van der Waals surface area contributed by atoms with Gasteiger partial charge in [-0.2, -0.15) is 0 Å². The van der Waals surface area contributed by atoms with Crippen molar-refractivity contribution >= 4 is 34.9 Å². The van der Waals surface area contributed by atoms with E-state index < -0.39 is 29.1 Å². The predicted octanol–water partition coefficient (Wildman–Crippen LogP) is 3.45. The van der Waals surface area contributed by atoms with Crippen LogP contribution in [0.1, 0.15) is 17.3 Å². The van der Waals surface area contributed by atoms with Crippen molar-refractivity contribution in [3.05, 3.63) is 57.1 Å². The first-order valence-corrected chi connectivity index (χ1v) is 8.45. The van der Waals surface area contributed by atoms with Gasteiger partial charge in [-0.1, -0.05) is 23.7 Å². The molecule has 0 fully saturated rings.